The Morgan fingerprint density at radius 1 is 0.897 bits per heavy atom. The van der Waals surface area contributed by atoms with Gasteiger partial charge in [0.2, 0.25) is 0 Å². The Bertz CT molecular complexity index is 1580. The van der Waals surface area contributed by atoms with Crippen molar-refractivity contribution in [2.75, 3.05) is 38.1 Å². The Hall–Kier alpha value is -4.23. The van der Waals surface area contributed by atoms with E-state index >= 15 is 0 Å². The summed E-state index contributed by atoms with van der Waals surface area (Å²) in [5.41, 5.74) is 8.81. The van der Waals surface area contributed by atoms with E-state index in [1.165, 1.54) is 43.5 Å². The molecule has 0 atom stereocenters. The molecule has 0 aromatic heterocycles. The topological polar surface area (TPSA) is 59.2 Å². The lowest BCUT2D eigenvalue weighted by Crippen LogP contribution is -2.49. The number of aromatic hydroxyl groups is 1. The van der Waals surface area contributed by atoms with E-state index in [4.69, 9.17) is 0 Å². The van der Waals surface area contributed by atoms with Gasteiger partial charge in [-0.25, -0.2) is 9.58 Å². The lowest BCUT2D eigenvalue weighted by Gasteiger charge is -2.38. The van der Waals surface area contributed by atoms with Crippen LogP contribution >= 0.6 is 0 Å². The highest BCUT2D eigenvalue weighted by atomic mass is 28.3. The van der Waals surface area contributed by atoms with Gasteiger partial charge in [0.05, 0.1) is 17.5 Å². The number of nitroso groups, excluding NO2 is 1. The van der Waals surface area contributed by atoms with E-state index in [0.717, 1.165) is 11.1 Å². The number of nitrogens with zero attached hydrogens (tertiary/aromatic N) is 4. The minimum absolute atomic E-state index is 0.150. The second kappa shape index (κ2) is 10.1. The average molecular weight is 536 g/mol. The second-order valence-electron chi connectivity index (χ2n) is 11.1. The van der Waals surface area contributed by atoms with Crippen molar-refractivity contribution in [1.82, 2.24) is 0 Å². The number of benzene rings is 3. The van der Waals surface area contributed by atoms with Gasteiger partial charge in [-0.15, -0.1) is 4.91 Å². The van der Waals surface area contributed by atoms with Crippen molar-refractivity contribution < 1.29 is 9.68 Å². The molecule has 1 aliphatic carbocycles. The molecular formula is C32H35N4O2Si+. The molecule has 0 saturated carbocycles. The molecule has 1 heterocycles. The van der Waals surface area contributed by atoms with Crippen molar-refractivity contribution in [1.29, 1.82) is 0 Å². The molecule has 2 aliphatic rings. The number of hydrogen-bond acceptors (Lipinski definition) is 4. The summed E-state index contributed by atoms with van der Waals surface area (Å²) >= 11 is 0. The summed E-state index contributed by atoms with van der Waals surface area (Å²) in [6, 6.07) is 21.7. The predicted molar refractivity (Wildman–Crippen MR) is 165 cm³/mol. The lowest BCUT2D eigenvalue weighted by molar-refractivity contribution is -0.462. The summed E-state index contributed by atoms with van der Waals surface area (Å²) in [5, 5.41) is 17.3. The van der Waals surface area contributed by atoms with Gasteiger partial charge in [0.15, 0.2) is 5.71 Å². The van der Waals surface area contributed by atoms with Crippen LogP contribution in [0, 0.1) is 4.91 Å². The van der Waals surface area contributed by atoms with Gasteiger partial charge >= 0.3 is 0 Å². The van der Waals surface area contributed by atoms with E-state index in [1.54, 1.807) is 24.3 Å². The molecule has 3 aromatic carbocycles. The first-order valence-corrected chi connectivity index (χ1v) is 16.1. The fourth-order valence-electron chi connectivity index (χ4n) is 5.53. The highest BCUT2D eigenvalue weighted by Crippen LogP contribution is 2.43. The SMILES string of the molecule is CN(C)c1ccc2c(c1)[Si](C)(C)C1=CC(=[N+](C)C)C=CC1=C2c1ccccc1CN(N=O)c1ccc(O)cc1. The van der Waals surface area contributed by atoms with Crippen LogP contribution in [0.2, 0.25) is 13.1 Å². The van der Waals surface area contributed by atoms with Gasteiger partial charge in [-0.1, -0.05) is 43.4 Å². The van der Waals surface area contributed by atoms with Crippen LogP contribution in [0.5, 0.6) is 5.75 Å². The average Bonchev–Trinajstić information content (AvgIpc) is 2.92. The fourth-order valence-corrected chi connectivity index (χ4v) is 8.60. The molecule has 3 aromatic rings. The maximum Gasteiger partial charge on any atom is 0.199 e. The van der Waals surface area contributed by atoms with E-state index in [-0.39, 0.29) is 5.75 Å². The zero-order valence-corrected chi connectivity index (χ0v) is 24.4. The first-order valence-electron chi connectivity index (χ1n) is 13.1. The maximum absolute atomic E-state index is 12.0. The molecular weight excluding hydrogens is 500 g/mol. The first kappa shape index (κ1) is 26.4. The number of phenols is 1. The predicted octanol–water partition coefficient (Wildman–Crippen LogP) is 5.63. The molecule has 7 heteroatoms. The van der Waals surface area contributed by atoms with Crippen molar-refractivity contribution in [2.45, 2.75) is 19.6 Å². The van der Waals surface area contributed by atoms with E-state index in [2.05, 4.69) is 111 Å². The van der Waals surface area contributed by atoms with Crippen LogP contribution in [-0.4, -0.2) is 51.7 Å². The van der Waals surface area contributed by atoms with Crippen molar-refractivity contribution in [2.24, 2.45) is 5.29 Å². The molecule has 0 bridgehead atoms. The normalized spacial score (nSPS) is 15.3. The van der Waals surface area contributed by atoms with Crippen LogP contribution in [-0.2, 0) is 6.54 Å². The quantitative estimate of drug-likeness (QED) is 0.193. The van der Waals surface area contributed by atoms with Gasteiger partial charge in [0, 0.05) is 31.9 Å². The van der Waals surface area contributed by atoms with E-state index < -0.39 is 8.07 Å². The lowest BCUT2D eigenvalue weighted by atomic mass is 9.87. The second-order valence-corrected chi connectivity index (χ2v) is 15.4. The van der Waals surface area contributed by atoms with Gasteiger partial charge < -0.3 is 10.0 Å². The third-order valence-electron chi connectivity index (χ3n) is 7.78. The van der Waals surface area contributed by atoms with Gasteiger partial charge in [0.1, 0.15) is 27.9 Å². The van der Waals surface area contributed by atoms with E-state index in [1.807, 2.05) is 6.07 Å². The van der Waals surface area contributed by atoms with E-state index in [0.29, 0.717) is 12.2 Å². The standard InChI is InChI=1S/C32H34N4O2Si/c1-34(2)24-13-17-28-30(19-24)39(5,6)31-20-25(35(3)4)14-18-29(31)32(28)27-10-8-7-9-22(27)21-36(33-38)23-11-15-26(37)16-12-23/h7-20H,21H2,1-6H3/p+1. The first-order chi connectivity index (χ1) is 18.6. The van der Waals surface area contributed by atoms with Crippen molar-refractivity contribution in [3.05, 3.63) is 117 Å². The third-order valence-corrected chi connectivity index (χ3v) is 11.3. The molecule has 39 heavy (non-hydrogen) atoms. The largest absolute Gasteiger partial charge is 0.508 e. The molecule has 0 spiro atoms. The minimum atomic E-state index is -2.05. The van der Waals surface area contributed by atoms with Crippen LogP contribution < -0.4 is 15.1 Å². The highest BCUT2D eigenvalue weighted by Gasteiger charge is 2.40. The Morgan fingerprint density at radius 3 is 2.26 bits per heavy atom. The Morgan fingerprint density at radius 2 is 1.59 bits per heavy atom. The highest BCUT2D eigenvalue weighted by molar-refractivity contribution is 6.98. The number of anilines is 2. The minimum Gasteiger partial charge on any atom is -0.508 e. The zero-order valence-electron chi connectivity index (χ0n) is 23.4. The number of rotatable bonds is 6. The Kier molecular flexibility index (Phi) is 6.86. The summed E-state index contributed by atoms with van der Waals surface area (Å²) < 4.78 is 2.16. The molecule has 198 valence electrons. The summed E-state index contributed by atoms with van der Waals surface area (Å²) in [7, 11) is 6.29. The molecule has 1 N–H and O–H groups in total. The Labute approximate surface area is 231 Å². The van der Waals surface area contributed by atoms with Crippen LogP contribution in [0.3, 0.4) is 0 Å². The van der Waals surface area contributed by atoms with Crippen LogP contribution in [0.25, 0.3) is 5.57 Å². The summed E-state index contributed by atoms with van der Waals surface area (Å²) in [4.78, 5) is 14.1. The number of phenolic OH excluding ortho intramolecular Hbond substituents is 1. The van der Waals surface area contributed by atoms with Crippen LogP contribution in [0.1, 0.15) is 16.7 Å². The van der Waals surface area contributed by atoms with Crippen molar-refractivity contribution in [3.63, 3.8) is 0 Å². The van der Waals surface area contributed by atoms with Crippen LogP contribution in [0.15, 0.2) is 101 Å². The molecule has 0 fully saturated rings. The van der Waals surface area contributed by atoms with Crippen molar-refractivity contribution in [3.8, 4) is 5.75 Å². The zero-order chi connectivity index (χ0) is 27.9. The molecule has 0 unspecified atom stereocenters. The number of hydrogen-bond donors (Lipinski definition) is 1. The third kappa shape index (κ3) is 4.74. The molecule has 1 aliphatic heterocycles. The molecule has 0 radical (unpaired) electrons. The number of allylic oxidation sites excluding steroid dienone is 5. The summed E-state index contributed by atoms with van der Waals surface area (Å²) in [6.07, 6.45) is 6.83. The summed E-state index contributed by atoms with van der Waals surface area (Å²) in [6.45, 7) is 5.19. The fraction of sp³-hybridized carbons (Fsp3) is 0.219. The smallest absolute Gasteiger partial charge is 0.199 e. The Balaban J connectivity index is 1.74. The van der Waals surface area contributed by atoms with Crippen LogP contribution in [0.4, 0.5) is 11.4 Å². The van der Waals surface area contributed by atoms with E-state index in [9.17, 15) is 10.0 Å². The van der Waals surface area contributed by atoms with Gasteiger partial charge in [-0.2, -0.15) is 0 Å². The maximum atomic E-state index is 12.0. The van der Waals surface area contributed by atoms with Crippen molar-refractivity contribution >= 4 is 35.9 Å². The molecule has 6 nitrogen and oxygen atoms in total. The number of fused-ring (bicyclic) bond motifs is 2. The van der Waals surface area contributed by atoms with Gasteiger partial charge in [-0.3, -0.25) is 0 Å². The molecule has 5 rings (SSSR count). The van der Waals surface area contributed by atoms with Gasteiger partial charge in [0.25, 0.3) is 0 Å². The monoisotopic (exact) mass is 535 g/mol. The molecule has 0 saturated heterocycles. The van der Waals surface area contributed by atoms with Gasteiger partial charge in [-0.05, 0) is 80.7 Å². The molecule has 0 amide bonds. The summed E-state index contributed by atoms with van der Waals surface area (Å²) in [5.74, 6) is 0.150.